The first-order chi connectivity index (χ1) is 18.8. The number of carbonyl (C=O) groups excluding carboxylic acids is 3. The lowest BCUT2D eigenvalue weighted by Gasteiger charge is -2.16. The Kier molecular flexibility index (Phi) is 9.06. The number of amides is 3. The number of imide groups is 1. The highest BCUT2D eigenvalue weighted by atomic mass is 35.5. The molecule has 0 atom stereocenters. The van der Waals surface area contributed by atoms with Crippen LogP contribution in [-0.2, 0) is 22.6 Å². The summed E-state index contributed by atoms with van der Waals surface area (Å²) in [5.74, 6) is -0.839. The molecule has 7 nitrogen and oxygen atoms in total. The number of allylic oxidation sites excluding steroid dienone is 1. The fourth-order valence-corrected chi connectivity index (χ4v) is 4.84. The number of nitrogens with one attached hydrogen (secondary N) is 1. The number of thioether (sulfide) groups is 1. The van der Waals surface area contributed by atoms with Crippen LogP contribution in [0.4, 0.5) is 14.9 Å². The van der Waals surface area contributed by atoms with Crippen LogP contribution < -0.4 is 14.8 Å². The topological polar surface area (TPSA) is 84.9 Å². The molecule has 0 aliphatic carbocycles. The van der Waals surface area contributed by atoms with Crippen molar-refractivity contribution in [2.75, 3.05) is 19.0 Å². The molecule has 0 saturated carbocycles. The van der Waals surface area contributed by atoms with E-state index in [0.29, 0.717) is 30.1 Å². The number of nitrogens with zero attached hydrogens (tertiary/aromatic N) is 1. The van der Waals surface area contributed by atoms with Crippen LogP contribution in [0.2, 0.25) is 5.02 Å². The molecular weight excluding hydrogens is 543 g/mol. The highest BCUT2D eigenvalue weighted by Gasteiger charge is 2.36. The van der Waals surface area contributed by atoms with Gasteiger partial charge in [-0.2, -0.15) is 0 Å². The number of benzene rings is 3. The Labute approximate surface area is 234 Å². The average molecular weight is 567 g/mol. The van der Waals surface area contributed by atoms with E-state index in [1.807, 2.05) is 36.4 Å². The van der Waals surface area contributed by atoms with Crippen LogP contribution in [0.5, 0.6) is 11.5 Å². The van der Waals surface area contributed by atoms with E-state index in [-0.39, 0.29) is 15.6 Å². The van der Waals surface area contributed by atoms with Gasteiger partial charge in [0, 0.05) is 11.3 Å². The van der Waals surface area contributed by atoms with Crippen molar-refractivity contribution >= 4 is 52.2 Å². The highest BCUT2D eigenvalue weighted by molar-refractivity contribution is 8.18. The van der Waals surface area contributed by atoms with Crippen molar-refractivity contribution in [1.29, 1.82) is 0 Å². The molecule has 1 saturated heterocycles. The minimum absolute atomic E-state index is 0.155. The van der Waals surface area contributed by atoms with Crippen LogP contribution in [0, 0.1) is 5.82 Å². The molecule has 1 aliphatic heterocycles. The van der Waals surface area contributed by atoms with Crippen LogP contribution in [0.15, 0.2) is 78.2 Å². The lowest BCUT2D eigenvalue weighted by Crippen LogP contribution is -2.36. The Morgan fingerprint density at radius 1 is 1.15 bits per heavy atom. The van der Waals surface area contributed by atoms with E-state index in [9.17, 15) is 18.8 Å². The van der Waals surface area contributed by atoms with Gasteiger partial charge in [-0.1, -0.05) is 48.0 Å². The summed E-state index contributed by atoms with van der Waals surface area (Å²) in [5, 5.41) is 1.76. The van der Waals surface area contributed by atoms with Gasteiger partial charge >= 0.3 is 0 Å². The summed E-state index contributed by atoms with van der Waals surface area (Å²) in [6.07, 6.45) is 3.78. The van der Waals surface area contributed by atoms with Crippen LogP contribution in [0.25, 0.3) is 6.08 Å². The Morgan fingerprint density at radius 2 is 1.92 bits per heavy atom. The second-order valence-corrected chi connectivity index (χ2v) is 9.82. The van der Waals surface area contributed by atoms with Crippen LogP contribution >= 0.6 is 23.4 Å². The van der Waals surface area contributed by atoms with Crippen molar-refractivity contribution in [3.05, 3.63) is 106 Å². The number of halogens is 2. The minimum atomic E-state index is -0.630. The Bertz CT molecular complexity index is 1460. The van der Waals surface area contributed by atoms with Gasteiger partial charge in [0.15, 0.2) is 11.5 Å². The van der Waals surface area contributed by atoms with Gasteiger partial charge in [0.25, 0.3) is 11.1 Å². The zero-order valence-corrected chi connectivity index (χ0v) is 22.5. The molecule has 1 aliphatic rings. The fourth-order valence-electron chi connectivity index (χ4n) is 3.82. The van der Waals surface area contributed by atoms with E-state index >= 15 is 0 Å². The molecule has 10 heteroatoms. The van der Waals surface area contributed by atoms with Gasteiger partial charge in [0.2, 0.25) is 5.91 Å². The van der Waals surface area contributed by atoms with E-state index in [4.69, 9.17) is 21.1 Å². The van der Waals surface area contributed by atoms with Crippen molar-refractivity contribution < 1.29 is 28.2 Å². The zero-order valence-electron chi connectivity index (χ0n) is 20.9. The fraction of sp³-hybridized carbons (Fsp3) is 0.138. The first kappa shape index (κ1) is 27.9. The second-order valence-electron chi connectivity index (χ2n) is 8.42. The van der Waals surface area contributed by atoms with Crippen LogP contribution in [-0.4, -0.2) is 35.6 Å². The summed E-state index contributed by atoms with van der Waals surface area (Å²) in [6.45, 7) is 3.65. The van der Waals surface area contributed by atoms with E-state index in [1.54, 1.807) is 18.2 Å². The smallest absolute Gasteiger partial charge is 0.294 e. The van der Waals surface area contributed by atoms with Gasteiger partial charge in [-0.3, -0.25) is 19.3 Å². The molecule has 0 spiro atoms. The lowest BCUT2D eigenvalue weighted by molar-refractivity contribution is -0.127. The van der Waals surface area contributed by atoms with Gasteiger partial charge in [0.1, 0.15) is 19.0 Å². The number of anilines is 1. The normalized spacial score (nSPS) is 14.0. The first-order valence-corrected chi connectivity index (χ1v) is 13.0. The first-order valence-electron chi connectivity index (χ1n) is 11.8. The number of carbonyl (C=O) groups is 3. The Morgan fingerprint density at radius 3 is 2.62 bits per heavy atom. The predicted octanol–water partition coefficient (Wildman–Crippen LogP) is 6.47. The maximum Gasteiger partial charge on any atom is 0.294 e. The third-order valence-corrected chi connectivity index (χ3v) is 6.84. The number of rotatable bonds is 10. The molecule has 4 rings (SSSR count). The van der Waals surface area contributed by atoms with Crippen LogP contribution in [0.1, 0.15) is 16.7 Å². The van der Waals surface area contributed by atoms with E-state index in [2.05, 4.69) is 11.9 Å². The minimum Gasteiger partial charge on any atom is -0.493 e. The van der Waals surface area contributed by atoms with Gasteiger partial charge in [-0.15, -0.1) is 6.58 Å². The highest BCUT2D eigenvalue weighted by Crippen LogP contribution is 2.37. The zero-order chi connectivity index (χ0) is 27.9. The Hall–Kier alpha value is -4.08. The molecule has 3 aromatic rings. The van der Waals surface area contributed by atoms with E-state index in [1.165, 1.54) is 19.2 Å². The summed E-state index contributed by atoms with van der Waals surface area (Å²) < 4.78 is 25.0. The van der Waals surface area contributed by atoms with Gasteiger partial charge in [0.05, 0.1) is 17.0 Å². The number of hydrogen-bond donors (Lipinski definition) is 1. The number of ether oxygens (including phenoxy) is 2. The standard InChI is InChI=1S/C29H24ClFN2O5S/c1-3-7-20-12-19(13-24(37-2)27(20)38-17-18-8-5-4-6-9-18)14-25-28(35)33(29(36)39-25)16-26(34)32-21-10-11-23(31)22(30)15-21/h3-6,8-15H,1,7,16-17H2,2H3,(H,32,34)/b25-14-. The van der Waals surface area contributed by atoms with Crippen molar-refractivity contribution in [1.82, 2.24) is 4.90 Å². The second kappa shape index (κ2) is 12.6. The molecule has 3 aromatic carbocycles. The van der Waals surface area contributed by atoms with Crippen molar-refractivity contribution in [2.45, 2.75) is 13.0 Å². The SMILES string of the molecule is C=CCc1cc(/C=C2\SC(=O)N(CC(=O)Nc3ccc(F)c(Cl)c3)C2=O)cc(OC)c1OCc1ccccc1. The Balaban J connectivity index is 1.52. The molecule has 1 fully saturated rings. The van der Waals surface area contributed by atoms with Crippen molar-refractivity contribution in [3.63, 3.8) is 0 Å². The third kappa shape index (κ3) is 6.87. The number of methoxy groups -OCH3 is 1. The molecule has 1 heterocycles. The maximum absolute atomic E-state index is 13.4. The third-order valence-electron chi connectivity index (χ3n) is 5.64. The molecular formula is C29H24ClFN2O5S. The summed E-state index contributed by atoms with van der Waals surface area (Å²) in [7, 11) is 1.52. The maximum atomic E-state index is 13.4. The molecule has 39 heavy (non-hydrogen) atoms. The summed E-state index contributed by atoms with van der Waals surface area (Å²) >= 11 is 6.47. The monoisotopic (exact) mass is 566 g/mol. The summed E-state index contributed by atoms with van der Waals surface area (Å²) in [5.41, 5.74) is 2.65. The quantitative estimate of drug-likeness (QED) is 0.224. The molecule has 0 bridgehead atoms. The summed E-state index contributed by atoms with van der Waals surface area (Å²) in [4.78, 5) is 39.0. The van der Waals surface area contributed by atoms with Crippen molar-refractivity contribution in [3.8, 4) is 11.5 Å². The van der Waals surface area contributed by atoms with E-state index < -0.39 is 29.4 Å². The lowest BCUT2D eigenvalue weighted by atomic mass is 10.0. The van der Waals surface area contributed by atoms with Gasteiger partial charge in [-0.05, 0) is 65.7 Å². The van der Waals surface area contributed by atoms with Crippen molar-refractivity contribution in [2.24, 2.45) is 0 Å². The average Bonchev–Trinajstić information content (AvgIpc) is 3.17. The van der Waals surface area contributed by atoms with Gasteiger partial charge < -0.3 is 14.8 Å². The molecule has 3 amide bonds. The molecule has 0 unspecified atom stereocenters. The number of hydrogen-bond acceptors (Lipinski definition) is 6. The summed E-state index contributed by atoms with van der Waals surface area (Å²) in [6, 6.07) is 16.9. The largest absolute Gasteiger partial charge is 0.493 e. The van der Waals surface area contributed by atoms with Crippen LogP contribution in [0.3, 0.4) is 0 Å². The molecule has 200 valence electrons. The molecule has 0 radical (unpaired) electrons. The van der Waals surface area contributed by atoms with Gasteiger partial charge in [-0.25, -0.2) is 4.39 Å². The molecule has 1 N–H and O–H groups in total. The predicted molar refractivity (Wildman–Crippen MR) is 150 cm³/mol. The van der Waals surface area contributed by atoms with E-state index in [0.717, 1.165) is 33.9 Å². The molecule has 0 aromatic heterocycles.